The van der Waals surface area contributed by atoms with Gasteiger partial charge in [-0.3, -0.25) is 4.79 Å². The van der Waals surface area contributed by atoms with Crippen molar-refractivity contribution in [2.75, 3.05) is 19.5 Å². The van der Waals surface area contributed by atoms with Gasteiger partial charge in [-0.05, 0) is 25.0 Å². The molecule has 18 heavy (non-hydrogen) atoms. The van der Waals surface area contributed by atoms with Gasteiger partial charge in [-0.15, -0.1) is 0 Å². The molecule has 0 aliphatic rings. The monoisotopic (exact) mass is 252 g/mol. The zero-order valence-electron chi connectivity index (χ0n) is 10.9. The average Bonchev–Trinajstić information content (AvgIpc) is 2.37. The summed E-state index contributed by atoms with van der Waals surface area (Å²) in [4.78, 5) is 12.0. The lowest BCUT2D eigenvalue weighted by atomic mass is 10.0. The van der Waals surface area contributed by atoms with Crippen molar-refractivity contribution in [1.82, 2.24) is 5.32 Å². The molecule has 1 rings (SSSR count). The van der Waals surface area contributed by atoms with E-state index >= 15 is 0 Å². The van der Waals surface area contributed by atoms with Crippen LogP contribution >= 0.6 is 0 Å². The van der Waals surface area contributed by atoms with Gasteiger partial charge in [-0.1, -0.05) is 6.92 Å². The first-order valence-electron chi connectivity index (χ1n) is 5.84. The minimum Gasteiger partial charge on any atom is -0.497 e. The molecule has 1 aromatic rings. The van der Waals surface area contributed by atoms with Crippen molar-refractivity contribution >= 4 is 11.6 Å². The molecule has 5 heteroatoms. The number of hydrogen-bond acceptors (Lipinski definition) is 4. The second kappa shape index (κ2) is 6.26. The number of carbonyl (C=O) groups excluding carboxylic acids is 1. The highest BCUT2D eigenvalue weighted by atomic mass is 16.5. The van der Waals surface area contributed by atoms with E-state index in [4.69, 9.17) is 15.6 Å². The van der Waals surface area contributed by atoms with Gasteiger partial charge >= 0.3 is 0 Å². The third kappa shape index (κ3) is 3.37. The van der Waals surface area contributed by atoms with Crippen molar-refractivity contribution in [2.45, 2.75) is 19.9 Å². The zero-order chi connectivity index (χ0) is 13.7. The number of methoxy groups -OCH3 is 1. The molecule has 0 aliphatic heterocycles. The normalized spacial score (nSPS) is 13.8. The van der Waals surface area contributed by atoms with Crippen LogP contribution in [0.5, 0.6) is 5.75 Å². The summed E-state index contributed by atoms with van der Waals surface area (Å²) in [5, 5.41) is 11.8. The Morgan fingerprint density at radius 3 is 2.67 bits per heavy atom. The standard InChI is InChI=1S/C13H20N2O3/c1-8(7-16)9(2)15-13(17)11-5-4-10(18-3)6-12(11)14/h4-6,8-9,16H,7,14H2,1-3H3,(H,15,17). The van der Waals surface area contributed by atoms with E-state index in [1.165, 1.54) is 0 Å². The Morgan fingerprint density at radius 1 is 1.50 bits per heavy atom. The van der Waals surface area contributed by atoms with Gasteiger partial charge in [0.05, 0.1) is 12.7 Å². The lowest BCUT2D eigenvalue weighted by Crippen LogP contribution is -2.38. The Bertz CT molecular complexity index is 421. The third-order valence-corrected chi connectivity index (χ3v) is 3.00. The summed E-state index contributed by atoms with van der Waals surface area (Å²) in [5.41, 5.74) is 6.57. The number of carbonyl (C=O) groups is 1. The molecule has 0 radical (unpaired) electrons. The molecule has 0 saturated carbocycles. The fourth-order valence-corrected chi connectivity index (χ4v) is 1.46. The second-order valence-electron chi connectivity index (χ2n) is 4.38. The van der Waals surface area contributed by atoms with Crippen LogP contribution in [0.25, 0.3) is 0 Å². The van der Waals surface area contributed by atoms with E-state index in [1.807, 2.05) is 13.8 Å². The van der Waals surface area contributed by atoms with E-state index in [-0.39, 0.29) is 24.5 Å². The number of aliphatic hydroxyl groups is 1. The summed E-state index contributed by atoms with van der Waals surface area (Å²) in [7, 11) is 1.54. The smallest absolute Gasteiger partial charge is 0.253 e. The molecule has 0 saturated heterocycles. The maximum atomic E-state index is 12.0. The molecular weight excluding hydrogens is 232 g/mol. The highest BCUT2D eigenvalue weighted by Crippen LogP contribution is 2.19. The van der Waals surface area contributed by atoms with E-state index < -0.39 is 0 Å². The Kier molecular flexibility index (Phi) is 4.97. The lowest BCUT2D eigenvalue weighted by Gasteiger charge is -2.19. The van der Waals surface area contributed by atoms with Crippen molar-refractivity contribution < 1.29 is 14.6 Å². The van der Waals surface area contributed by atoms with Crippen LogP contribution in [0.2, 0.25) is 0 Å². The van der Waals surface area contributed by atoms with E-state index in [0.717, 1.165) is 0 Å². The molecule has 0 spiro atoms. The largest absolute Gasteiger partial charge is 0.497 e. The van der Waals surface area contributed by atoms with E-state index in [9.17, 15) is 4.79 Å². The quantitative estimate of drug-likeness (QED) is 0.683. The number of nitrogen functional groups attached to an aromatic ring is 1. The average molecular weight is 252 g/mol. The van der Waals surface area contributed by atoms with Crippen LogP contribution in [0.1, 0.15) is 24.2 Å². The van der Waals surface area contributed by atoms with Gasteiger partial charge in [0.25, 0.3) is 5.91 Å². The van der Waals surface area contributed by atoms with Crippen LogP contribution in [0.15, 0.2) is 18.2 Å². The summed E-state index contributed by atoms with van der Waals surface area (Å²) in [6.45, 7) is 3.74. The van der Waals surface area contributed by atoms with Gasteiger partial charge in [0.1, 0.15) is 5.75 Å². The van der Waals surface area contributed by atoms with Crippen LogP contribution in [0.4, 0.5) is 5.69 Å². The first kappa shape index (κ1) is 14.3. The number of nitrogens with one attached hydrogen (secondary N) is 1. The predicted molar refractivity (Wildman–Crippen MR) is 70.6 cm³/mol. The molecule has 100 valence electrons. The highest BCUT2D eigenvalue weighted by Gasteiger charge is 2.16. The predicted octanol–water partition coefficient (Wildman–Crippen LogP) is 1.02. The van der Waals surface area contributed by atoms with Crippen molar-refractivity contribution in [1.29, 1.82) is 0 Å². The van der Waals surface area contributed by atoms with Gasteiger partial charge in [0.15, 0.2) is 0 Å². The first-order chi connectivity index (χ1) is 8.49. The van der Waals surface area contributed by atoms with E-state index in [2.05, 4.69) is 5.32 Å². The first-order valence-corrected chi connectivity index (χ1v) is 5.84. The fraction of sp³-hybridized carbons (Fsp3) is 0.462. The topological polar surface area (TPSA) is 84.6 Å². The van der Waals surface area contributed by atoms with Crippen molar-refractivity contribution in [3.05, 3.63) is 23.8 Å². The number of ether oxygens (including phenoxy) is 1. The highest BCUT2D eigenvalue weighted by molar-refractivity contribution is 5.99. The molecule has 2 unspecified atom stereocenters. The molecule has 2 atom stereocenters. The number of benzene rings is 1. The Labute approximate surface area is 107 Å². The summed E-state index contributed by atoms with van der Waals surface area (Å²) >= 11 is 0. The Hall–Kier alpha value is -1.75. The fourth-order valence-electron chi connectivity index (χ4n) is 1.46. The van der Waals surface area contributed by atoms with Crippen LogP contribution in [0, 0.1) is 5.92 Å². The Balaban J connectivity index is 2.78. The van der Waals surface area contributed by atoms with E-state index in [0.29, 0.717) is 17.0 Å². The summed E-state index contributed by atoms with van der Waals surface area (Å²) in [6, 6.07) is 4.80. The minimum atomic E-state index is -0.247. The molecule has 4 N–H and O–H groups in total. The van der Waals surface area contributed by atoms with Gasteiger partial charge in [0.2, 0.25) is 0 Å². The van der Waals surface area contributed by atoms with Crippen LogP contribution in [-0.2, 0) is 0 Å². The summed E-state index contributed by atoms with van der Waals surface area (Å²) in [6.07, 6.45) is 0. The summed E-state index contributed by atoms with van der Waals surface area (Å²) < 4.78 is 5.02. The number of amides is 1. The van der Waals surface area contributed by atoms with Crippen LogP contribution < -0.4 is 15.8 Å². The minimum absolute atomic E-state index is 0.00609. The zero-order valence-corrected chi connectivity index (χ0v) is 10.9. The van der Waals surface area contributed by atoms with Crippen LogP contribution in [-0.4, -0.2) is 30.8 Å². The molecule has 0 fully saturated rings. The molecule has 1 amide bonds. The number of aliphatic hydroxyl groups excluding tert-OH is 1. The number of hydrogen-bond donors (Lipinski definition) is 3. The van der Waals surface area contributed by atoms with Gasteiger partial charge < -0.3 is 20.9 Å². The molecule has 0 bridgehead atoms. The lowest BCUT2D eigenvalue weighted by molar-refractivity contribution is 0.0917. The molecule has 0 heterocycles. The Morgan fingerprint density at radius 2 is 2.17 bits per heavy atom. The van der Waals surface area contributed by atoms with Gasteiger partial charge in [-0.2, -0.15) is 0 Å². The molecular formula is C13H20N2O3. The van der Waals surface area contributed by atoms with E-state index in [1.54, 1.807) is 25.3 Å². The SMILES string of the molecule is COc1ccc(C(=O)NC(C)C(C)CO)c(N)c1. The molecule has 1 aromatic carbocycles. The van der Waals surface area contributed by atoms with Crippen molar-refractivity contribution in [3.8, 4) is 5.75 Å². The molecule has 0 aliphatic carbocycles. The summed E-state index contributed by atoms with van der Waals surface area (Å²) in [5.74, 6) is 0.359. The number of rotatable bonds is 5. The molecule has 5 nitrogen and oxygen atoms in total. The molecule has 0 aromatic heterocycles. The second-order valence-corrected chi connectivity index (χ2v) is 4.38. The third-order valence-electron chi connectivity index (χ3n) is 3.00. The maximum Gasteiger partial charge on any atom is 0.253 e. The van der Waals surface area contributed by atoms with Gasteiger partial charge in [-0.25, -0.2) is 0 Å². The number of anilines is 1. The number of nitrogens with two attached hydrogens (primary N) is 1. The van der Waals surface area contributed by atoms with Crippen LogP contribution in [0.3, 0.4) is 0 Å². The van der Waals surface area contributed by atoms with Crippen molar-refractivity contribution in [3.63, 3.8) is 0 Å². The van der Waals surface area contributed by atoms with Crippen molar-refractivity contribution in [2.24, 2.45) is 5.92 Å². The van der Waals surface area contributed by atoms with Gasteiger partial charge in [0, 0.05) is 24.4 Å². The maximum absolute atomic E-state index is 12.0.